The first-order valence-electron chi connectivity index (χ1n) is 11.4. The number of amides is 1. The molecule has 0 aromatic heterocycles. The maximum absolute atomic E-state index is 13.2. The van der Waals surface area contributed by atoms with Crippen LogP contribution in [0.25, 0.3) is 0 Å². The average molecular weight is 593 g/mol. The van der Waals surface area contributed by atoms with E-state index in [1.807, 2.05) is 24.8 Å². The normalized spacial score (nSPS) is 14.5. The number of anilines is 2. The Labute approximate surface area is 225 Å². The second kappa shape index (κ2) is 10.8. The van der Waals surface area contributed by atoms with Crippen molar-refractivity contribution >= 4 is 54.8 Å². The molecule has 1 saturated heterocycles. The first-order valence-corrected chi connectivity index (χ1v) is 14.0. The molecule has 0 radical (unpaired) electrons. The first kappa shape index (κ1) is 26.5. The van der Waals surface area contributed by atoms with Gasteiger partial charge in [-0.1, -0.05) is 51.3 Å². The molecular weight excluding hydrogens is 566 g/mol. The maximum Gasteiger partial charge on any atom is 0.259 e. The highest BCUT2D eigenvalue weighted by Crippen LogP contribution is 2.36. The summed E-state index contributed by atoms with van der Waals surface area (Å²) in [6.45, 7) is 5.24. The monoisotopic (exact) mass is 591 g/mol. The third kappa shape index (κ3) is 5.39. The summed E-state index contributed by atoms with van der Waals surface area (Å²) in [6.07, 6.45) is 0. The van der Waals surface area contributed by atoms with Crippen LogP contribution < -0.4 is 15.0 Å². The molecule has 1 amide bonds. The molecule has 1 fully saturated rings. The summed E-state index contributed by atoms with van der Waals surface area (Å²) >= 11 is 10.0. The lowest BCUT2D eigenvalue weighted by atomic mass is 10.1. The molecule has 36 heavy (non-hydrogen) atoms. The molecule has 3 aromatic rings. The zero-order chi connectivity index (χ0) is 26.0. The number of halogens is 2. The third-order valence-corrected chi connectivity index (χ3v) is 8.81. The summed E-state index contributed by atoms with van der Waals surface area (Å²) in [7, 11) is -2.06. The van der Waals surface area contributed by atoms with Crippen molar-refractivity contribution in [2.45, 2.75) is 18.7 Å². The number of aryl methyl sites for hydroxylation is 2. The van der Waals surface area contributed by atoms with Gasteiger partial charge in [0, 0.05) is 30.7 Å². The first-order chi connectivity index (χ1) is 17.1. The van der Waals surface area contributed by atoms with Crippen LogP contribution in [0.2, 0.25) is 5.02 Å². The Bertz CT molecular complexity index is 1390. The fourth-order valence-corrected chi connectivity index (χ4v) is 6.60. The fourth-order valence-electron chi connectivity index (χ4n) is 4.31. The maximum atomic E-state index is 13.2. The van der Waals surface area contributed by atoms with Crippen molar-refractivity contribution in [3.8, 4) is 5.75 Å². The van der Waals surface area contributed by atoms with Crippen molar-refractivity contribution in [2.24, 2.45) is 0 Å². The molecule has 1 heterocycles. The summed E-state index contributed by atoms with van der Waals surface area (Å²) in [4.78, 5) is 15.5. The summed E-state index contributed by atoms with van der Waals surface area (Å²) < 4.78 is 33.9. The minimum atomic E-state index is -3.59. The van der Waals surface area contributed by atoms with Crippen molar-refractivity contribution in [2.75, 3.05) is 43.5 Å². The van der Waals surface area contributed by atoms with Crippen LogP contribution in [0.15, 0.2) is 64.0 Å². The Morgan fingerprint density at radius 3 is 2.33 bits per heavy atom. The average Bonchev–Trinajstić information content (AvgIpc) is 2.84. The molecule has 0 spiro atoms. The number of sulfonamides is 1. The Kier molecular flexibility index (Phi) is 7.94. The molecule has 190 valence electrons. The molecule has 1 N–H and O–H groups in total. The number of piperazine rings is 1. The Balaban J connectivity index is 1.55. The minimum absolute atomic E-state index is 0.283. The van der Waals surface area contributed by atoms with Crippen molar-refractivity contribution in [1.82, 2.24) is 4.31 Å². The highest BCUT2D eigenvalue weighted by molar-refractivity contribution is 9.10. The van der Waals surface area contributed by atoms with Gasteiger partial charge in [-0.15, -0.1) is 0 Å². The molecule has 0 unspecified atom stereocenters. The molecule has 10 heteroatoms. The van der Waals surface area contributed by atoms with Crippen LogP contribution in [0.1, 0.15) is 21.5 Å². The number of para-hydroxylation sites is 1. The molecule has 0 bridgehead atoms. The number of rotatable bonds is 6. The van der Waals surface area contributed by atoms with Crippen molar-refractivity contribution in [3.63, 3.8) is 0 Å². The van der Waals surface area contributed by atoms with Gasteiger partial charge in [-0.3, -0.25) is 4.79 Å². The van der Waals surface area contributed by atoms with E-state index in [-0.39, 0.29) is 10.8 Å². The van der Waals surface area contributed by atoms with Gasteiger partial charge in [-0.25, -0.2) is 8.42 Å². The van der Waals surface area contributed by atoms with Gasteiger partial charge in [0.2, 0.25) is 10.0 Å². The van der Waals surface area contributed by atoms with Crippen LogP contribution in [-0.2, 0) is 10.0 Å². The van der Waals surface area contributed by atoms with Gasteiger partial charge in [0.15, 0.2) is 0 Å². The number of carbonyl (C=O) groups is 1. The quantitative estimate of drug-likeness (QED) is 0.410. The van der Waals surface area contributed by atoms with Crippen molar-refractivity contribution in [1.29, 1.82) is 0 Å². The molecule has 1 aliphatic rings. The highest BCUT2D eigenvalue weighted by atomic mass is 79.9. The van der Waals surface area contributed by atoms with Crippen LogP contribution in [0.3, 0.4) is 0 Å². The molecule has 7 nitrogen and oxygen atoms in total. The predicted molar refractivity (Wildman–Crippen MR) is 147 cm³/mol. The summed E-state index contributed by atoms with van der Waals surface area (Å²) in [5.74, 6) is 0.162. The van der Waals surface area contributed by atoms with Gasteiger partial charge in [0.1, 0.15) is 5.75 Å². The lowest BCUT2D eigenvalue weighted by Crippen LogP contribution is -2.49. The van der Waals surface area contributed by atoms with Crippen molar-refractivity contribution < 1.29 is 17.9 Å². The lowest BCUT2D eigenvalue weighted by Gasteiger charge is -2.36. The van der Waals surface area contributed by atoms with Crippen LogP contribution in [0.5, 0.6) is 5.75 Å². The molecular formula is C26H27BrClN3O4S. The van der Waals surface area contributed by atoms with E-state index < -0.39 is 10.0 Å². The molecule has 0 aliphatic carbocycles. The zero-order valence-electron chi connectivity index (χ0n) is 20.2. The predicted octanol–water partition coefficient (Wildman–Crippen LogP) is 5.49. The molecule has 4 rings (SSSR count). The van der Waals surface area contributed by atoms with Crippen LogP contribution in [0.4, 0.5) is 11.4 Å². The number of nitrogens with one attached hydrogen (secondary N) is 1. The Morgan fingerprint density at radius 1 is 1.03 bits per heavy atom. The van der Waals surface area contributed by atoms with E-state index in [4.69, 9.17) is 16.3 Å². The Morgan fingerprint density at radius 2 is 1.69 bits per heavy atom. The van der Waals surface area contributed by atoms with Gasteiger partial charge >= 0.3 is 0 Å². The Hall–Kier alpha value is -2.59. The minimum Gasteiger partial charge on any atom is -0.496 e. The third-order valence-electron chi connectivity index (χ3n) is 6.14. The number of methoxy groups -OCH3 is 1. The van der Waals surface area contributed by atoms with E-state index in [2.05, 4.69) is 21.2 Å². The van der Waals surface area contributed by atoms with Gasteiger partial charge in [0.25, 0.3) is 5.91 Å². The topological polar surface area (TPSA) is 79.0 Å². The van der Waals surface area contributed by atoms with E-state index in [1.165, 1.54) is 11.4 Å². The fraction of sp³-hybridized carbons (Fsp3) is 0.269. The van der Waals surface area contributed by atoms with Gasteiger partial charge in [-0.2, -0.15) is 4.31 Å². The SMILES string of the molecule is COc1c(C)cc(Br)cc1C(=O)Nc1cccc(Cl)c1N1CCN(S(=O)(=O)c2ccc(C)cc2)CC1. The molecule has 0 saturated carbocycles. The smallest absolute Gasteiger partial charge is 0.259 e. The van der Waals surface area contributed by atoms with E-state index in [9.17, 15) is 13.2 Å². The molecule has 3 aromatic carbocycles. The molecule has 0 atom stereocenters. The number of benzene rings is 3. The summed E-state index contributed by atoms with van der Waals surface area (Å²) in [6, 6.07) is 15.8. The van der Waals surface area contributed by atoms with Crippen molar-refractivity contribution in [3.05, 3.63) is 80.8 Å². The number of carbonyl (C=O) groups excluding carboxylic acids is 1. The van der Waals surface area contributed by atoms with Crippen LogP contribution in [0, 0.1) is 13.8 Å². The number of hydrogen-bond acceptors (Lipinski definition) is 5. The number of nitrogens with zero attached hydrogens (tertiary/aromatic N) is 2. The van der Waals surface area contributed by atoms with E-state index in [1.54, 1.807) is 48.5 Å². The van der Waals surface area contributed by atoms with Gasteiger partial charge in [-0.05, 0) is 55.8 Å². The number of hydrogen-bond donors (Lipinski definition) is 1. The summed E-state index contributed by atoms with van der Waals surface area (Å²) in [5.41, 5.74) is 3.42. The second-order valence-corrected chi connectivity index (χ2v) is 11.9. The lowest BCUT2D eigenvalue weighted by molar-refractivity contribution is 0.102. The zero-order valence-corrected chi connectivity index (χ0v) is 23.4. The molecule has 1 aliphatic heterocycles. The summed E-state index contributed by atoms with van der Waals surface area (Å²) in [5, 5.41) is 3.44. The standard InChI is InChI=1S/C26H27BrClN3O4S/c1-17-7-9-20(10-8-17)36(33,34)31-13-11-30(12-14-31)24-22(28)5-4-6-23(24)29-26(32)21-16-19(27)15-18(2)25(21)35-3/h4-10,15-16H,11-14H2,1-3H3,(H,29,32). The van der Waals surface area contributed by atoms with Crippen LogP contribution >= 0.6 is 27.5 Å². The number of ether oxygens (including phenoxy) is 1. The van der Waals surface area contributed by atoms with E-state index in [0.717, 1.165) is 15.6 Å². The second-order valence-electron chi connectivity index (χ2n) is 8.60. The largest absolute Gasteiger partial charge is 0.496 e. The van der Waals surface area contributed by atoms with E-state index >= 15 is 0 Å². The highest BCUT2D eigenvalue weighted by Gasteiger charge is 2.30. The van der Waals surface area contributed by atoms with Gasteiger partial charge in [0.05, 0.1) is 34.0 Å². The van der Waals surface area contributed by atoms with Gasteiger partial charge < -0.3 is 15.0 Å². The van der Waals surface area contributed by atoms with Crippen LogP contribution in [-0.4, -0.2) is 51.9 Å². The van der Waals surface area contributed by atoms with E-state index in [0.29, 0.717) is 53.9 Å².